The molecule has 0 aliphatic carbocycles. The first-order valence-electron chi connectivity index (χ1n) is 11.7. The van der Waals surface area contributed by atoms with Gasteiger partial charge in [-0.15, -0.1) is 0 Å². The molecule has 0 bridgehead atoms. The van der Waals surface area contributed by atoms with Gasteiger partial charge in [0, 0.05) is 42.2 Å². The lowest BCUT2D eigenvalue weighted by Gasteiger charge is -2.33. The van der Waals surface area contributed by atoms with Crippen molar-refractivity contribution < 1.29 is 24.1 Å². The number of ether oxygens (including phenoxy) is 1. The van der Waals surface area contributed by atoms with Crippen LogP contribution in [-0.4, -0.2) is 58.9 Å². The minimum Gasteiger partial charge on any atom is -0.481 e. The van der Waals surface area contributed by atoms with E-state index in [4.69, 9.17) is 9.84 Å². The monoisotopic (exact) mass is 479 g/mol. The maximum Gasteiger partial charge on any atom is 0.328 e. The second kappa shape index (κ2) is 11.4. The first-order valence-corrected chi connectivity index (χ1v) is 11.7. The van der Waals surface area contributed by atoms with Gasteiger partial charge in [-0.05, 0) is 61.3 Å². The molecule has 0 radical (unpaired) electrons. The molecule has 1 aliphatic heterocycles. The van der Waals surface area contributed by atoms with Gasteiger partial charge in [-0.1, -0.05) is 24.3 Å². The van der Waals surface area contributed by atoms with E-state index in [9.17, 15) is 14.3 Å². The molecule has 184 valence electrons. The van der Waals surface area contributed by atoms with E-state index >= 15 is 0 Å². The number of pyridine rings is 1. The van der Waals surface area contributed by atoms with Crippen molar-refractivity contribution in [1.29, 1.82) is 0 Å². The van der Waals surface area contributed by atoms with E-state index in [2.05, 4.69) is 15.2 Å². The highest BCUT2D eigenvalue weighted by Crippen LogP contribution is 2.29. The predicted molar refractivity (Wildman–Crippen MR) is 133 cm³/mol. The summed E-state index contributed by atoms with van der Waals surface area (Å²) in [4.78, 5) is 17.7. The first-order chi connectivity index (χ1) is 16.9. The second-order valence-corrected chi connectivity index (χ2v) is 8.77. The van der Waals surface area contributed by atoms with Crippen LogP contribution in [0.3, 0.4) is 0 Å². The first kappa shape index (κ1) is 24.8. The Morgan fingerprint density at radius 2 is 2.06 bits per heavy atom. The third-order valence-corrected chi connectivity index (χ3v) is 6.37. The number of aliphatic hydroxyl groups excluding tert-OH is 1. The number of methoxy groups -OCH3 is 1. The lowest BCUT2D eigenvalue weighted by molar-refractivity contribution is -0.131. The highest BCUT2D eigenvalue weighted by atomic mass is 19.1. The molecule has 0 amide bonds. The van der Waals surface area contributed by atoms with Gasteiger partial charge in [0.1, 0.15) is 5.82 Å². The summed E-state index contributed by atoms with van der Waals surface area (Å²) in [5.41, 5.74) is 2.91. The number of hydrogen-bond donors (Lipinski definition) is 3. The number of aliphatic carboxylic acids is 1. The normalized spacial score (nSPS) is 16.1. The van der Waals surface area contributed by atoms with E-state index in [1.165, 1.54) is 19.3 Å². The number of likely N-dealkylation sites (tertiary alicyclic amines) is 1. The van der Waals surface area contributed by atoms with Gasteiger partial charge in [-0.25, -0.2) is 14.2 Å². The third-order valence-electron chi connectivity index (χ3n) is 6.37. The lowest BCUT2D eigenvalue weighted by atomic mass is 9.98. The Kier molecular flexibility index (Phi) is 8.07. The number of hydrogen-bond acceptors (Lipinski definition) is 6. The number of rotatable bonds is 9. The SMILES string of the molecule is COc1ccc2c(/C=C/C(=O)O)ccc(C(O)CN3CCC(NCc4cccc(F)c4)CC3)c2n1. The summed E-state index contributed by atoms with van der Waals surface area (Å²) >= 11 is 0. The maximum absolute atomic E-state index is 13.4. The fourth-order valence-electron chi connectivity index (χ4n) is 4.50. The quantitative estimate of drug-likeness (QED) is 0.402. The zero-order valence-corrected chi connectivity index (χ0v) is 19.7. The van der Waals surface area contributed by atoms with Crippen LogP contribution in [-0.2, 0) is 11.3 Å². The highest BCUT2D eigenvalue weighted by molar-refractivity contribution is 5.94. The van der Waals surface area contributed by atoms with Crippen molar-refractivity contribution in [3.8, 4) is 5.88 Å². The molecule has 1 saturated heterocycles. The molecule has 0 spiro atoms. The number of fused-ring (bicyclic) bond motifs is 1. The molecule has 2 heterocycles. The number of aromatic nitrogens is 1. The summed E-state index contributed by atoms with van der Waals surface area (Å²) in [5, 5.41) is 24.3. The summed E-state index contributed by atoms with van der Waals surface area (Å²) in [6.45, 7) is 2.78. The molecule has 4 rings (SSSR count). The molecule has 1 unspecified atom stereocenters. The summed E-state index contributed by atoms with van der Waals surface area (Å²) in [7, 11) is 1.53. The van der Waals surface area contributed by atoms with Gasteiger partial charge in [0.2, 0.25) is 5.88 Å². The molecule has 1 atom stereocenters. The lowest BCUT2D eigenvalue weighted by Crippen LogP contribution is -2.43. The van der Waals surface area contributed by atoms with Gasteiger partial charge in [0.15, 0.2) is 0 Å². The van der Waals surface area contributed by atoms with E-state index in [0.717, 1.165) is 43.0 Å². The Hall–Kier alpha value is -3.33. The molecule has 3 aromatic rings. The molecule has 1 aliphatic rings. The smallest absolute Gasteiger partial charge is 0.328 e. The van der Waals surface area contributed by atoms with Crippen LogP contribution in [0.25, 0.3) is 17.0 Å². The Labute approximate surface area is 203 Å². The number of nitrogens with zero attached hydrogens (tertiary/aromatic N) is 2. The summed E-state index contributed by atoms with van der Waals surface area (Å²) in [5.74, 6) is -0.827. The molecule has 0 saturated carbocycles. The van der Waals surface area contributed by atoms with Crippen molar-refractivity contribution in [3.63, 3.8) is 0 Å². The van der Waals surface area contributed by atoms with Crippen molar-refractivity contribution in [2.24, 2.45) is 0 Å². The van der Waals surface area contributed by atoms with E-state index in [1.807, 2.05) is 12.1 Å². The Bertz CT molecular complexity index is 1210. The van der Waals surface area contributed by atoms with Crippen LogP contribution in [0.1, 0.15) is 35.6 Å². The molecule has 8 heteroatoms. The van der Waals surface area contributed by atoms with Crippen molar-refractivity contribution >= 4 is 22.9 Å². The predicted octanol–water partition coefficient (Wildman–Crippen LogP) is 3.77. The molecule has 7 nitrogen and oxygen atoms in total. The second-order valence-electron chi connectivity index (χ2n) is 8.77. The van der Waals surface area contributed by atoms with Crippen molar-refractivity contribution in [2.45, 2.75) is 31.5 Å². The standard InChI is InChI=1S/C27H30FN3O4/c1-35-25-9-8-22-19(6-10-26(33)34)5-7-23(27(22)30-25)24(32)17-31-13-11-21(12-14-31)29-16-18-3-2-4-20(28)15-18/h2-10,15,21,24,29,32H,11-14,16-17H2,1H3,(H,33,34)/b10-6+. The number of nitrogens with one attached hydrogen (secondary N) is 1. The Morgan fingerprint density at radius 3 is 2.77 bits per heavy atom. The number of carboxylic acids is 1. The summed E-state index contributed by atoms with van der Waals surface area (Å²) < 4.78 is 18.7. The van der Waals surface area contributed by atoms with Crippen LogP contribution in [0.5, 0.6) is 5.88 Å². The molecular weight excluding hydrogens is 449 g/mol. The number of halogens is 1. The van der Waals surface area contributed by atoms with Crippen LogP contribution in [0, 0.1) is 5.82 Å². The van der Waals surface area contributed by atoms with Crippen LogP contribution < -0.4 is 10.1 Å². The fourth-order valence-corrected chi connectivity index (χ4v) is 4.50. The molecule has 35 heavy (non-hydrogen) atoms. The van der Waals surface area contributed by atoms with E-state index in [1.54, 1.807) is 30.3 Å². The zero-order chi connectivity index (χ0) is 24.8. The highest BCUT2D eigenvalue weighted by Gasteiger charge is 2.23. The van der Waals surface area contributed by atoms with Gasteiger partial charge in [-0.2, -0.15) is 0 Å². The van der Waals surface area contributed by atoms with E-state index in [-0.39, 0.29) is 5.82 Å². The van der Waals surface area contributed by atoms with Gasteiger partial charge < -0.3 is 25.2 Å². The number of carbonyl (C=O) groups is 1. The Balaban J connectivity index is 1.41. The van der Waals surface area contributed by atoms with Crippen LogP contribution >= 0.6 is 0 Å². The third kappa shape index (κ3) is 6.42. The van der Waals surface area contributed by atoms with Gasteiger partial charge >= 0.3 is 5.97 Å². The van der Waals surface area contributed by atoms with Crippen molar-refractivity contribution in [3.05, 3.63) is 77.1 Å². The molecule has 3 N–H and O–H groups in total. The van der Waals surface area contributed by atoms with Crippen molar-refractivity contribution in [2.75, 3.05) is 26.7 Å². The number of β-amino-alcohol motifs (C(OH)–C–C–N with tert-alkyl or cyclic N) is 1. The molecule has 1 aromatic heterocycles. The largest absolute Gasteiger partial charge is 0.481 e. The minimum atomic E-state index is -1.03. The fraction of sp³-hybridized carbons (Fsp3) is 0.333. The van der Waals surface area contributed by atoms with E-state index in [0.29, 0.717) is 41.7 Å². The number of carboxylic acid groups (broad SMARTS) is 1. The van der Waals surface area contributed by atoms with Crippen LogP contribution in [0.15, 0.2) is 54.6 Å². The average molecular weight is 480 g/mol. The number of benzene rings is 2. The number of piperidine rings is 1. The van der Waals surface area contributed by atoms with Gasteiger partial charge in [0.25, 0.3) is 0 Å². The van der Waals surface area contributed by atoms with Gasteiger partial charge in [-0.3, -0.25) is 0 Å². The molecule has 2 aromatic carbocycles. The maximum atomic E-state index is 13.4. The molecule has 1 fully saturated rings. The topological polar surface area (TPSA) is 94.9 Å². The van der Waals surface area contributed by atoms with Gasteiger partial charge in [0.05, 0.1) is 18.7 Å². The zero-order valence-electron chi connectivity index (χ0n) is 19.7. The minimum absolute atomic E-state index is 0.223. The average Bonchev–Trinajstić information content (AvgIpc) is 2.86. The number of aliphatic hydroxyl groups is 1. The van der Waals surface area contributed by atoms with Crippen molar-refractivity contribution in [1.82, 2.24) is 15.2 Å². The van der Waals surface area contributed by atoms with E-state index < -0.39 is 12.1 Å². The Morgan fingerprint density at radius 1 is 1.26 bits per heavy atom. The summed E-state index contributed by atoms with van der Waals surface area (Å²) in [6, 6.07) is 14.1. The van der Waals surface area contributed by atoms with Crippen LogP contribution in [0.4, 0.5) is 4.39 Å². The summed E-state index contributed by atoms with van der Waals surface area (Å²) in [6.07, 6.45) is 3.73. The molecular formula is C27H30FN3O4. The van der Waals surface area contributed by atoms with Crippen LogP contribution in [0.2, 0.25) is 0 Å².